The summed E-state index contributed by atoms with van der Waals surface area (Å²) in [7, 11) is 1.91. The van der Waals surface area contributed by atoms with Crippen LogP contribution >= 0.6 is 23.5 Å². The molecule has 0 saturated heterocycles. The number of carbonyl (C=O) groups excluding carboxylic acids is 1. The van der Waals surface area contributed by atoms with Gasteiger partial charge in [0, 0.05) is 12.1 Å². The van der Waals surface area contributed by atoms with E-state index in [4.69, 9.17) is 11.6 Å². The lowest BCUT2D eigenvalue weighted by Gasteiger charge is -2.02. The third kappa shape index (κ3) is 1.71. The number of nitrogens with zero attached hydrogens (tertiary/aromatic N) is 1. The van der Waals surface area contributed by atoms with Crippen molar-refractivity contribution in [2.75, 3.05) is 13.6 Å². The molecule has 0 saturated carbocycles. The zero-order valence-electron chi connectivity index (χ0n) is 4.93. The molecule has 0 radical (unpaired) electrons. The van der Waals surface area contributed by atoms with Crippen LogP contribution in [0.25, 0.3) is 0 Å². The number of halogens is 1. The van der Waals surface area contributed by atoms with E-state index in [1.165, 1.54) is 11.9 Å². The minimum Gasteiger partial charge on any atom is -0.276 e. The Hall–Kier alpha value is 0.01000. The molecule has 0 fully saturated rings. The highest BCUT2D eigenvalue weighted by Gasteiger charge is 2.14. The van der Waals surface area contributed by atoms with Gasteiger partial charge >= 0.3 is 0 Å². The molecule has 0 unspecified atom stereocenters. The molecule has 0 aromatic heterocycles. The van der Waals surface area contributed by atoms with E-state index >= 15 is 0 Å². The number of hydrogen-bond donors (Lipinski definition) is 0. The Labute approximate surface area is 63.0 Å². The predicted molar refractivity (Wildman–Crippen MR) is 39.2 cm³/mol. The maximum absolute atomic E-state index is 10.4. The Morgan fingerprint density at radius 2 is 2.67 bits per heavy atom. The molecule has 1 rings (SSSR count). The Morgan fingerprint density at radius 1 is 2.00 bits per heavy atom. The fraction of sp³-hybridized carbons (Fsp3) is 0.400. The van der Waals surface area contributed by atoms with Crippen LogP contribution in [0.5, 0.6) is 0 Å². The second-order valence-corrected chi connectivity index (χ2v) is 3.22. The molecule has 4 heteroatoms. The van der Waals surface area contributed by atoms with Crippen molar-refractivity contribution in [1.82, 2.24) is 4.31 Å². The number of likely N-dealkylation sites (N-methyl/N-ethyl adjacent to an activating group) is 1. The SMILES string of the molecule is CN1CC(C(=O)Cl)=CS1. The monoisotopic (exact) mass is 163 g/mol. The van der Waals surface area contributed by atoms with Crippen molar-refractivity contribution < 1.29 is 4.79 Å². The second-order valence-electron chi connectivity index (χ2n) is 1.81. The molecule has 0 N–H and O–H groups in total. The highest BCUT2D eigenvalue weighted by molar-refractivity contribution is 8.00. The molecule has 0 spiro atoms. The molecule has 1 aliphatic rings. The summed E-state index contributed by atoms with van der Waals surface area (Å²) in [4.78, 5) is 10.4. The highest BCUT2D eigenvalue weighted by atomic mass is 35.5. The Morgan fingerprint density at radius 3 is 2.89 bits per heavy atom. The molecule has 1 aliphatic heterocycles. The summed E-state index contributed by atoms with van der Waals surface area (Å²) in [6.07, 6.45) is 0. The quantitative estimate of drug-likeness (QED) is 0.429. The molecule has 2 nitrogen and oxygen atoms in total. The summed E-state index contributed by atoms with van der Waals surface area (Å²) in [6, 6.07) is 0. The van der Waals surface area contributed by atoms with Crippen molar-refractivity contribution in [2.45, 2.75) is 0 Å². The van der Waals surface area contributed by atoms with Gasteiger partial charge < -0.3 is 0 Å². The van der Waals surface area contributed by atoms with Gasteiger partial charge in [-0.25, -0.2) is 4.31 Å². The van der Waals surface area contributed by atoms with E-state index < -0.39 is 0 Å². The van der Waals surface area contributed by atoms with E-state index in [0.717, 1.165) is 0 Å². The molecule has 0 aromatic carbocycles. The van der Waals surface area contributed by atoms with Gasteiger partial charge in [0.25, 0.3) is 0 Å². The molecule has 9 heavy (non-hydrogen) atoms. The van der Waals surface area contributed by atoms with Gasteiger partial charge in [0.05, 0.1) is 0 Å². The summed E-state index contributed by atoms with van der Waals surface area (Å²) >= 11 is 6.70. The van der Waals surface area contributed by atoms with Crippen LogP contribution in [0.1, 0.15) is 0 Å². The van der Waals surface area contributed by atoms with Crippen LogP contribution in [0.2, 0.25) is 0 Å². The van der Waals surface area contributed by atoms with E-state index in [1.807, 2.05) is 11.4 Å². The topological polar surface area (TPSA) is 20.3 Å². The van der Waals surface area contributed by atoms with Crippen molar-refractivity contribution in [3.63, 3.8) is 0 Å². The number of hydrogen-bond acceptors (Lipinski definition) is 3. The van der Waals surface area contributed by atoms with E-state index in [2.05, 4.69) is 0 Å². The first-order valence-electron chi connectivity index (χ1n) is 2.47. The summed E-state index contributed by atoms with van der Waals surface area (Å²) in [5.74, 6) is 0. The molecule has 0 bridgehead atoms. The van der Waals surface area contributed by atoms with Crippen LogP contribution in [-0.2, 0) is 4.79 Å². The Kier molecular flexibility index (Phi) is 2.16. The van der Waals surface area contributed by atoms with Gasteiger partial charge in [-0.05, 0) is 36.0 Å². The Bertz CT molecular complexity index is 168. The molecule has 0 amide bonds. The fourth-order valence-electron chi connectivity index (χ4n) is 0.576. The van der Waals surface area contributed by atoms with E-state index in [1.54, 1.807) is 5.41 Å². The second kappa shape index (κ2) is 2.73. The highest BCUT2D eigenvalue weighted by Crippen LogP contribution is 2.22. The normalized spacial score (nSPS) is 20.0. The summed E-state index contributed by atoms with van der Waals surface area (Å²) < 4.78 is 1.94. The molecule has 50 valence electrons. The average Bonchev–Trinajstić information content (AvgIpc) is 2.14. The maximum Gasteiger partial charge on any atom is 0.250 e. The lowest BCUT2D eigenvalue weighted by molar-refractivity contribution is -0.108. The minimum absolute atomic E-state index is 0.341. The summed E-state index contributed by atoms with van der Waals surface area (Å²) in [5, 5.41) is 1.43. The van der Waals surface area contributed by atoms with Gasteiger partial charge in [0.1, 0.15) is 0 Å². The molecular formula is C5H6ClNOS. The van der Waals surface area contributed by atoms with Gasteiger partial charge in [-0.15, -0.1) is 0 Å². The first kappa shape index (κ1) is 7.12. The lowest BCUT2D eigenvalue weighted by Crippen LogP contribution is -2.08. The van der Waals surface area contributed by atoms with Gasteiger partial charge in [0.2, 0.25) is 5.24 Å². The van der Waals surface area contributed by atoms with Crippen LogP contribution in [0, 0.1) is 0 Å². The molecule has 0 atom stereocenters. The number of carbonyl (C=O) groups is 1. The average molecular weight is 164 g/mol. The van der Waals surface area contributed by atoms with Crippen LogP contribution in [0.4, 0.5) is 0 Å². The maximum atomic E-state index is 10.4. The van der Waals surface area contributed by atoms with Crippen molar-refractivity contribution in [1.29, 1.82) is 0 Å². The third-order valence-corrected chi connectivity index (χ3v) is 2.14. The van der Waals surface area contributed by atoms with Crippen LogP contribution in [0.3, 0.4) is 0 Å². The van der Waals surface area contributed by atoms with Gasteiger partial charge in [-0.1, -0.05) is 0 Å². The molecule has 0 aliphatic carbocycles. The summed E-state index contributed by atoms with van der Waals surface area (Å²) in [6.45, 7) is 0.660. The summed E-state index contributed by atoms with van der Waals surface area (Å²) in [5.41, 5.74) is 0.684. The van der Waals surface area contributed by atoms with Gasteiger partial charge in [0.15, 0.2) is 0 Å². The predicted octanol–water partition coefficient (Wildman–Crippen LogP) is 1.23. The van der Waals surface area contributed by atoms with Crippen LogP contribution in [-0.4, -0.2) is 23.1 Å². The standard InChI is InChI=1S/C5H6ClNOS/c1-7-2-4(3-9-7)5(6)8/h3H,2H2,1H3. The van der Waals surface area contributed by atoms with Gasteiger partial charge in [-0.3, -0.25) is 4.79 Å². The zero-order chi connectivity index (χ0) is 6.85. The van der Waals surface area contributed by atoms with E-state index in [-0.39, 0.29) is 5.24 Å². The van der Waals surface area contributed by atoms with Crippen molar-refractivity contribution in [3.05, 3.63) is 11.0 Å². The number of rotatable bonds is 1. The largest absolute Gasteiger partial charge is 0.276 e. The van der Waals surface area contributed by atoms with E-state index in [0.29, 0.717) is 12.1 Å². The zero-order valence-corrected chi connectivity index (χ0v) is 6.50. The lowest BCUT2D eigenvalue weighted by atomic mass is 10.3. The van der Waals surface area contributed by atoms with Crippen LogP contribution in [0.15, 0.2) is 11.0 Å². The Balaban J connectivity index is 2.55. The minimum atomic E-state index is -0.341. The van der Waals surface area contributed by atoms with Crippen LogP contribution < -0.4 is 0 Å². The van der Waals surface area contributed by atoms with Gasteiger partial charge in [-0.2, -0.15) is 0 Å². The first-order chi connectivity index (χ1) is 4.20. The molecule has 1 heterocycles. The third-order valence-electron chi connectivity index (χ3n) is 1.02. The van der Waals surface area contributed by atoms with Crippen molar-refractivity contribution >= 4 is 28.8 Å². The fourth-order valence-corrected chi connectivity index (χ4v) is 1.46. The van der Waals surface area contributed by atoms with E-state index in [9.17, 15) is 4.79 Å². The van der Waals surface area contributed by atoms with Crippen molar-refractivity contribution in [3.8, 4) is 0 Å². The molecule has 0 aromatic rings. The molecular weight excluding hydrogens is 158 g/mol. The van der Waals surface area contributed by atoms with Crippen molar-refractivity contribution in [2.24, 2.45) is 0 Å². The smallest absolute Gasteiger partial charge is 0.250 e. The first-order valence-corrected chi connectivity index (χ1v) is 3.68.